The third-order valence-electron chi connectivity index (χ3n) is 2.09. The lowest BCUT2D eigenvalue weighted by molar-refractivity contribution is 0.480. The van der Waals surface area contributed by atoms with Crippen LogP contribution >= 0.6 is 12.2 Å². The minimum absolute atomic E-state index is 0.0879. The van der Waals surface area contributed by atoms with Crippen LogP contribution in [0.1, 0.15) is 5.69 Å². The Hall–Kier alpha value is -2.21. The van der Waals surface area contributed by atoms with Crippen molar-refractivity contribution in [2.75, 3.05) is 0 Å². The summed E-state index contributed by atoms with van der Waals surface area (Å²) in [6.07, 6.45) is 1.48. The maximum Gasteiger partial charge on any atom is 0.184 e. The highest BCUT2D eigenvalue weighted by Gasteiger charge is 2.00. The molecule has 0 unspecified atom stereocenters. The molecule has 2 rings (SSSR count). The largest absolute Gasteiger partial charge is 0.506 e. The molecule has 86 valence electrons. The Morgan fingerprint density at radius 3 is 3.00 bits per heavy atom. The van der Waals surface area contributed by atoms with Crippen LogP contribution in [-0.4, -0.2) is 21.4 Å². The number of nitrogens with two attached hydrogens (primary N) is 1. The van der Waals surface area contributed by atoms with Gasteiger partial charge in [0, 0.05) is 5.39 Å². The van der Waals surface area contributed by atoms with Gasteiger partial charge in [-0.3, -0.25) is 5.43 Å². The van der Waals surface area contributed by atoms with Crippen molar-refractivity contribution in [3.63, 3.8) is 0 Å². The number of thiocarbonyl (C=S) groups is 1. The van der Waals surface area contributed by atoms with E-state index >= 15 is 0 Å². The van der Waals surface area contributed by atoms with E-state index in [1.807, 2.05) is 12.1 Å². The first kappa shape index (κ1) is 11.3. The molecule has 6 heteroatoms. The van der Waals surface area contributed by atoms with Gasteiger partial charge >= 0.3 is 0 Å². The highest BCUT2D eigenvalue weighted by Crippen LogP contribution is 2.21. The first-order valence-corrected chi connectivity index (χ1v) is 5.25. The first-order chi connectivity index (χ1) is 8.16. The van der Waals surface area contributed by atoms with Gasteiger partial charge in [0.25, 0.3) is 0 Å². The number of hydrazone groups is 1. The van der Waals surface area contributed by atoms with Crippen molar-refractivity contribution in [3.05, 3.63) is 36.0 Å². The van der Waals surface area contributed by atoms with Crippen molar-refractivity contribution in [2.45, 2.75) is 0 Å². The predicted octanol–water partition coefficient (Wildman–Crippen LogP) is 1.11. The molecule has 0 atom stereocenters. The van der Waals surface area contributed by atoms with Gasteiger partial charge in [-0.25, -0.2) is 4.98 Å². The molecule has 0 bridgehead atoms. The molecule has 17 heavy (non-hydrogen) atoms. The molecule has 0 saturated carbocycles. The molecular formula is C11H10N4OS. The normalized spacial score (nSPS) is 10.8. The van der Waals surface area contributed by atoms with E-state index in [-0.39, 0.29) is 10.9 Å². The quantitative estimate of drug-likeness (QED) is 0.420. The van der Waals surface area contributed by atoms with Crippen molar-refractivity contribution in [1.82, 2.24) is 10.4 Å². The Balaban J connectivity index is 2.34. The van der Waals surface area contributed by atoms with E-state index in [9.17, 15) is 5.11 Å². The van der Waals surface area contributed by atoms with Crippen molar-refractivity contribution < 1.29 is 5.11 Å². The lowest BCUT2D eigenvalue weighted by Gasteiger charge is -2.00. The van der Waals surface area contributed by atoms with E-state index in [4.69, 9.17) is 5.73 Å². The number of aromatic hydroxyl groups is 1. The van der Waals surface area contributed by atoms with E-state index < -0.39 is 0 Å². The van der Waals surface area contributed by atoms with Gasteiger partial charge in [-0.05, 0) is 24.4 Å². The summed E-state index contributed by atoms with van der Waals surface area (Å²) in [5, 5.41) is 14.4. The molecule has 0 saturated heterocycles. The van der Waals surface area contributed by atoms with Crippen LogP contribution in [0.2, 0.25) is 0 Å². The second-order valence-corrected chi connectivity index (χ2v) is 3.76. The lowest BCUT2D eigenvalue weighted by Crippen LogP contribution is -2.24. The van der Waals surface area contributed by atoms with Crippen LogP contribution in [0.3, 0.4) is 0 Å². The number of aromatic nitrogens is 1. The standard InChI is InChI=1S/C11H10N4OS/c12-11(17)15-13-6-8-5-4-7-2-1-3-9(16)10(7)14-8/h1-6,16H,(H3,12,15,17). The Morgan fingerprint density at radius 2 is 2.24 bits per heavy atom. The monoisotopic (exact) mass is 246 g/mol. The summed E-state index contributed by atoms with van der Waals surface area (Å²) in [5.41, 5.74) is 8.78. The van der Waals surface area contributed by atoms with Gasteiger partial charge in [-0.2, -0.15) is 5.10 Å². The maximum absolute atomic E-state index is 9.65. The zero-order chi connectivity index (χ0) is 12.3. The zero-order valence-electron chi connectivity index (χ0n) is 8.79. The fourth-order valence-corrected chi connectivity index (χ4v) is 1.43. The van der Waals surface area contributed by atoms with Crippen molar-refractivity contribution in [1.29, 1.82) is 0 Å². The molecular weight excluding hydrogens is 236 g/mol. The Bertz CT molecular complexity index is 597. The van der Waals surface area contributed by atoms with Gasteiger partial charge in [0.05, 0.1) is 11.9 Å². The SMILES string of the molecule is NC(=S)NN=Cc1ccc2cccc(O)c2n1. The van der Waals surface area contributed by atoms with Crippen LogP contribution in [0.5, 0.6) is 5.75 Å². The van der Waals surface area contributed by atoms with Crippen LogP contribution in [0, 0.1) is 0 Å². The minimum Gasteiger partial charge on any atom is -0.506 e. The number of benzene rings is 1. The zero-order valence-corrected chi connectivity index (χ0v) is 9.61. The molecule has 1 aromatic heterocycles. The van der Waals surface area contributed by atoms with Crippen molar-refractivity contribution in [3.8, 4) is 5.75 Å². The molecule has 0 aliphatic carbocycles. The number of nitrogens with zero attached hydrogens (tertiary/aromatic N) is 2. The second-order valence-electron chi connectivity index (χ2n) is 3.32. The van der Waals surface area contributed by atoms with Crippen LogP contribution in [0.4, 0.5) is 0 Å². The van der Waals surface area contributed by atoms with Crippen LogP contribution in [0.25, 0.3) is 10.9 Å². The topological polar surface area (TPSA) is 83.5 Å². The van der Waals surface area contributed by atoms with Gasteiger partial charge in [0.15, 0.2) is 5.11 Å². The van der Waals surface area contributed by atoms with E-state index in [0.717, 1.165) is 5.39 Å². The van der Waals surface area contributed by atoms with Crippen LogP contribution in [0.15, 0.2) is 35.4 Å². The summed E-state index contributed by atoms with van der Waals surface area (Å²) in [6.45, 7) is 0. The van der Waals surface area contributed by atoms with Gasteiger partial charge in [0.1, 0.15) is 11.3 Å². The predicted molar refractivity (Wildman–Crippen MR) is 70.9 cm³/mol. The Labute approximate surface area is 103 Å². The number of nitrogens with one attached hydrogen (secondary N) is 1. The second kappa shape index (κ2) is 4.75. The van der Waals surface area contributed by atoms with Crippen molar-refractivity contribution in [2.24, 2.45) is 10.8 Å². The van der Waals surface area contributed by atoms with Crippen LogP contribution in [-0.2, 0) is 0 Å². The number of fused-ring (bicyclic) bond motifs is 1. The maximum atomic E-state index is 9.65. The summed E-state index contributed by atoms with van der Waals surface area (Å²) in [7, 11) is 0. The minimum atomic E-state index is 0.0879. The molecule has 5 nitrogen and oxygen atoms in total. The Morgan fingerprint density at radius 1 is 1.41 bits per heavy atom. The van der Waals surface area contributed by atoms with E-state index in [2.05, 4.69) is 27.7 Å². The fraction of sp³-hybridized carbons (Fsp3) is 0. The number of phenolic OH excluding ortho intramolecular Hbond substituents is 1. The molecule has 0 amide bonds. The summed E-state index contributed by atoms with van der Waals surface area (Å²) < 4.78 is 0. The molecule has 0 aliphatic heterocycles. The number of hydrogen-bond donors (Lipinski definition) is 3. The molecule has 1 aromatic carbocycles. The van der Waals surface area contributed by atoms with Gasteiger partial charge in [0.2, 0.25) is 0 Å². The highest BCUT2D eigenvalue weighted by atomic mass is 32.1. The number of phenols is 1. The molecule has 2 aromatic rings. The van der Waals surface area contributed by atoms with Gasteiger partial charge in [-0.1, -0.05) is 18.2 Å². The van der Waals surface area contributed by atoms with Gasteiger partial charge in [-0.15, -0.1) is 0 Å². The molecule has 0 aliphatic rings. The van der Waals surface area contributed by atoms with Gasteiger partial charge < -0.3 is 10.8 Å². The number of para-hydroxylation sites is 1. The van der Waals surface area contributed by atoms with E-state index in [0.29, 0.717) is 11.2 Å². The number of rotatable bonds is 2. The fourth-order valence-electron chi connectivity index (χ4n) is 1.38. The lowest BCUT2D eigenvalue weighted by atomic mass is 10.2. The average Bonchev–Trinajstić information content (AvgIpc) is 2.30. The van der Waals surface area contributed by atoms with E-state index in [1.54, 1.807) is 18.2 Å². The van der Waals surface area contributed by atoms with E-state index in [1.165, 1.54) is 6.21 Å². The van der Waals surface area contributed by atoms with Crippen LogP contribution < -0.4 is 11.2 Å². The molecule has 0 radical (unpaired) electrons. The molecule has 1 heterocycles. The molecule has 0 fully saturated rings. The number of hydrogen-bond acceptors (Lipinski definition) is 4. The summed E-state index contributed by atoms with van der Waals surface area (Å²) in [5.74, 6) is 0.139. The molecule has 0 spiro atoms. The van der Waals surface area contributed by atoms with Crippen molar-refractivity contribution >= 4 is 34.4 Å². The third-order valence-corrected chi connectivity index (χ3v) is 2.18. The first-order valence-electron chi connectivity index (χ1n) is 4.84. The number of pyridine rings is 1. The molecule has 4 N–H and O–H groups in total. The third kappa shape index (κ3) is 2.67. The highest BCUT2D eigenvalue weighted by molar-refractivity contribution is 7.80. The summed E-state index contributed by atoms with van der Waals surface area (Å²) in [4.78, 5) is 4.25. The Kier molecular flexibility index (Phi) is 3.15. The smallest absolute Gasteiger partial charge is 0.184 e. The summed E-state index contributed by atoms with van der Waals surface area (Å²) in [6, 6.07) is 8.86. The average molecular weight is 246 g/mol. The summed E-state index contributed by atoms with van der Waals surface area (Å²) >= 11 is 4.60.